The molecule has 15 heavy (non-hydrogen) atoms. The lowest BCUT2D eigenvalue weighted by atomic mass is 10.1. The van der Waals surface area contributed by atoms with E-state index in [2.05, 4.69) is 42.0 Å². The first kappa shape index (κ1) is 11.7. The number of hydrogen-bond donors (Lipinski definition) is 2. The second-order valence-corrected chi connectivity index (χ2v) is 3.64. The maximum absolute atomic E-state index is 11.1. The van der Waals surface area contributed by atoms with Gasteiger partial charge in [-0.1, -0.05) is 29.8 Å². The number of nitrogens with one attached hydrogen (secondary N) is 2. The lowest BCUT2D eigenvalue weighted by Gasteiger charge is -2.03. The second kappa shape index (κ2) is 6.19. The Kier molecular flexibility index (Phi) is 4.84. The van der Waals surface area contributed by atoms with Crippen molar-refractivity contribution in [3.8, 4) is 0 Å². The molecule has 1 amide bonds. The highest BCUT2D eigenvalue weighted by molar-refractivity contribution is 5.75. The van der Waals surface area contributed by atoms with Gasteiger partial charge in [0.1, 0.15) is 0 Å². The third-order valence-electron chi connectivity index (χ3n) is 2.25. The van der Waals surface area contributed by atoms with Crippen molar-refractivity contribution < 1.29 is 4.79 Å². The zero-order chi connectivity index (χ0) is 11.1. The van der Waals surface area contributed by atoms with Crippen LogP contribution in [0.3, 0.4) is 0 Å². The van der Waals surface area contributed by atoms with Crippen molar-refractivity contribution in [3.63, 3.8) is 0 Å². The van der Waals surface area contributed by atoms with Crippen molar-refractivity contribution >= 4 is 5.91 Å². The van der Waals surface area contributed by atoms with Crippen molar-refractivity contribution in [1.29, 1.82) is 0 Å². The van der Waals surface area contributed by atoms with Gasteiger partial charge in [0.2, 0.25) is 5.91 Å². The average molecular weight is 206 g/mol. The molecule has 1 aromatic rings. The average Bonchev–Trinajstić information content (AvgIpc) is 2.21. The number of amides is 1. The summed E-state index contributed by atoms with van der Waals surface area (Å²) >= 11 is 0. The van der Waals surface area contributed by atoms with E-state index >= 15 is 0 Å². The fraction of sp³-hybridized carbons (Fsp3) is 0.417. The van der Waals surface area contributed by atoms with Gasteiger partial charge in [-0.25, -0.2) is 5.43 Å². The minimum Gasteiger partial charge on any atom is -0.292 e. The van der Waals surface area contributed by atoms with Crippen LogP contribution in [0.4, 0.5) is 0 Å². The molecule has 3 heteroatoms. The molecule has 3 nitrogen and oxygen atoms in total. The van der Waals surface area contributed by atoms with E-state index in [9.17, 15) is 4.79 Å². The van der Waals surface area contributed by atoms with Crippen LogP contribution in [0.5, 0.6) is 0 Å². The van der Waals surface area contributed by atoms with E-state index < -0.39 is 0 Å². The predicted molar refractivity (Wildman–Crippen MR) is 61.3 cm³/mol. The third kappa shape index (κ3) is 4.61. The largest absolute Gasteiger partial charge is 0.292 e. The van der Waals surface area contributed by atoms with Crippen molar-refractivity contribution in [1.82, 2.24) is 10.9 Å². The van der Waals surface area contributed by atoms with Gasteiger partial charge in [-0.05, 0) is 25.3 Å². The highest BCUT2D eigenvalue weighted by atomic mass is 16.2. The van der Waals surface area contributed by atoms with Crippen LogP contribution in [0, 0.1) is 6.92 Å². The molecule has 1 rings (SSSR count). The molecule has 1 aromatic carbocycles. The van der Waals surface area contributed by atoms with Crippen LogP contribution < -0.4 is 10.9 Å². The standard InChI is InChI=1S/C12H18N2O/c1-10-6-8-11(9-7-10)4-3-5-12(15)14-13-2/h6-9,13H,3-5H2,1-2H3,(H,14,15). The van der Waals surface area contributed by atoms with Crippen LogP contribution >= 0.6 is 0 Å². The maximum Gasteiger partial charge on any atom is 0.234 e. The van der Waals surface area contributed by atoms with E-state index in [1.165, 1.54) is 11.1 Å². The third-order valence-corrected chi connectivity index (χ3v) is 2.25. The van der Waals surface area contributed by atoms with Gasteiger partial charge >= 0.3 is 0 Å². The number of hydrogen-bond acceptors (Lipinski definition) is 2. The molecule has 0 spiro atoms. The molecule has 0 saturated heterocycles. The summed E-state index contributed by atoms with van der Waals surface area (Å²) < 4.78 is 0. The van der Waals surface area contributed by atoms with Gasteiger partial charge in [0.25, 0.3) is 0 Å². The van der Waals surface area contributed by atoms with Crippen LogP contribution in [0.2, 0.25) is 0 Å². The van der Waals surface area contributed by atoms with Crippen LogP contribution in [0.25, 0.3) is 0 Å². The summed E-state index contributed by atoms with van der Waals surface area (Å²) in [6.07, 6.45) is 2.41. The van der Waals surface area contributed by atoms with E-state index in [0.717, 1.165) is 12.8 Å². The Morgan fingerprint density at radius 1 is 1.27 bits per heavy atom. The van der Waals surface area contributed by atoms with Crippen molar-refractivity contribution in [2.75, 3.05) is 7.05 Å². The summed E-state index contributed by atoms with van der Waals surface area (Å²) in [5.74, 6) is 0.0459. The molecule has 0 atom stereocenters. The van der Waals surface area contributed by atoms with E-state index in [1.54, 1.807) is 7.05 Å². The summed E-state index contributed by atoms with van der Waals surface area (Å²) in [6.45, 7) is 2.07. The smallest absolute Gasteiger partial charge is 0.234 e. The Hall–Kier alpha value is -1.35. The Morgan fingerprint density at radius 2 is 1.93 bits per heavy atom. The van der Waals surface area contributed by atoms with Gasteiger partial charge in [-0.3, -0.25) is 10.2 Å². The van der Waals surface area contributed by atoms with Crippen molar-refractivity contribution in [2.45, 2.75) is 26.2 Å². The van der Waals surface area contributed by atoms with Gasteiger partial charge in [-0.2, -0.15) is 0 Å². The molecule has 0 bridgehead atoms. The van der Waals surface area contributed by atoms with Crippen molar-refractivity contribution in [2.24, 2.45) is 0 Å². The molecular weight excluding hydrogens is 188 g/mol. The molecule has 0 aliphatic heterocycles. The zero-order valence-electron chi connectivity index (χ0n) is 9.34. The molecule has 0 radical (unpaired) electrons. The Labute approximate surface area is 90.9 Å². The number of aryl methyl sites for hydroxylation is 2. The Morgan fingerprint density at radius 3 is 2.53 bits per heavy atom. The topological polar surface area (TPSA) is 41.1 Å². The summed E-state index contributed by atoms with van der Waals surface area (Å²) in [4.78, 5) is 11.1. The summed E-state index contributed by atoms with van der Waals surface area (Å²) in [6, 6.07) is 8.43. The second-order valence-electron chi connectivity index (χ2n) is 3.64. The molecular formula is C12H18N2O. The maximum atomic E-state index is 11.1. The first-order valence-corrected chi connectivity index (χ1v) is 5.23. The number of carbonyl (C=O) groups excluding carboxylic acids is 1. The quantitative estimate of drug-likeness (QED) is 0.718. The highest BCUT2D eigenvalue weighted by Crippen LogP contribution is 2.06. The van der Waals surface area contributed by atoms with Gasteiger partial charge in [0.05, 0.1) is 0 Å². The molecule has 0 heterocycles. The van der Waals surface area contributed by atoms with Crippen molar-refractivity contribution in [3.05, 3.63) is 35.4 Å². The highest BCUT2D eigenvalue weighted by Gasteiger charge is 1.99. The van der Waals surface area contributed by atoms with Gasteiger partial charge in [0, 0.05) is 13.5 Å². The van der Waals surface area contributed by atoms with E-state index in [-0.39, 0.29) is 5.91 Å². The molecule has 0 aromatic heterocycles. The van der Waals surface area contributed by atoms with Crippen LogP contribution in [-0.2, 0) is 11.2 Å². The van der Waals surface area contributed by atoms with Crippen LogP contribution in [0.1, 0.15) is 24.0 Å². The lowest BCUT2D eigenvalue weighted by Crippen LogP contribution is -2.33. The first-order chi connectivity index (χ1) is 7.22. The SMILES string of the molecule is CNNC(=O)CCCc1ccc(C)cc1. The minimum atomic E-state index is 0.0459. The number of hydrazine groups is 1. The van der Waals surface area contributed by atoms with E-state index in [1.807, 2.05) is 0 Å². The number of benzene rings is 1. The normalized spacial score (nSPS) is 10.0. The molecule has 0 aliphatic carbocycles. The van der Waals surface area contributed by atoms with E-state index in [4.69, 9.17) is 0 Å². The van der Waals surface area contributed by atoms with Gasteiger partial charge in [0.15, 0.2) is 0 Å². The molecule has 0 saturated carbocycles. The molecule has 0 unspecified atom stereocenters. The number of rotatable bonds is 5. The summed E-state index contributed by atoms with van der Waals surface area (Å²) in [5, 5.41) is 0. The Bertz CT molecular complexity index is 306. The fourth-order valence-corrected chi connectivity index (χ4v) is 1.41. The summed E-state index contributed by atoms with van der Waals surface area (Å²) in [5.41, 5.74) is 7.74. The number of carbonyl (C=O) groups is 1. The fourth-order valence-electron chi connectivity index (χ4n) is 1.41. The summed E-state index contributed by atoms with van der Waals surface area (Å²) in [7, 11) is 1.69. The zero-order valence-corrected chi connectivity index (χ0v) is 9.34. The molecule has 0 aliphatic rings. The van der Waals surface area contributed by atoms with E-state index in [0.29, 0.717) is 6.42 Å². The monoisotopic (exact) mass is 206 g/mol. The lowest BCUT2D eigenvalue weighted by molar-refractivity contribution is -0.122. The first-order valence-electron chi connectivity index (χ1n) is 5.23. The van der Waals surface area contributed by atoms with Gasteiger partial charge in [-0.15, -0.1) is 0 Å². The van der Waals surface area contributed by atoms with Gasteiger partial charge < -0.3 is 0 Å². The van der Waals surface area contributed by atoms with Crippen LogP contribution in [-0.4, -0.2) is 13.0 Å². The minimum absolute atomic E-state index is 0.0459. The molecule has 0 fully saturated rings. The molecule has 82 valence electrons. The Balaban J connectivity index is 2.26. The van der Waals surface area contributed by atoms with Crippen LogP contribution in [0.15, 0.2) is 24.3 Å². The predicted octanol–water partition coefficient (Wildman–Crippen LogP) is 1.57. The molecule has 2 N–H and O–H groups in total.